The lowest BCUT2D eigenvalue weighted by molar-refractivity contribution is 1.17. The van der Waals surface area contributed by atoms with Crippen LogP contribution in [0.5, 0.6) is 0 Å². The van der Waals surface area contributed by atoms with Gasteiger partial charge < -0.3 is 5.73 Å². The van der Waals surface area contributed by atoms with E-state index < -0.39 is 0 Å². The molecule has 0 bridgehead atoms. The van der Waals surface area contributed by atoms with Crippen molar-refractivity contribution in [3.63, 3.8) is 0 Å². The van der Waals surface area contributed by atoms with Crippen molar-refractivity contribution >= 4 is 28.7 Å². The first-order chi connectivity index (χ1) is 10.8. The van der Waals surface area contributed by atoms with Gasteiger partial charge >= 0.3 is 0 Å². The van der Waals surface area contributed by atoms with E-state index in [0.717, 1.165) is 16.2 Å². The van der Waals surface area contributed by atoms with Crippen LogP contribution in [-0.4, -0.2) is 9.97 Å². The predicted molar refractivity (Wildman–Crippen MR) is 93.1 cm³/mol. The fourth-order valence-electron chi connectivity index (χ4n) is 1.99. The Morgan fingerprint density at radius 3 is 2.27 bits per heavy atom. The van der Waals surface area contributed by atoms with Gasteiger partial charge in [-0.15, -0.1) is 0 Å². The lowest BCUT2D eigenvalue weighted by Gasteiger charge is -2.08. The zero-order valence-electron chi connectivity index (χ0n) is 11.9. The van der Waals surface area contributed by atoms with Gasteiger partial charge in [0.15, 0.2) is 0 Å². The molecule has 3 aromatic rings. The molecule has 22 heavy (non-hydrogen) atoms. The molecule has 0 amide bonds. The second-order valence-electron chi connectivity index (χ2n) is 4.63. The summed E-state index contributed by atoms with van der Waals surface area (Å²) in [4.78, 5) is 10.5. The summed E-state index contributed by atoms with van der Waals surface area (Å²) in [6, 6.07) is 22.4. The highest BCUT2D eigenvalue weighted by Gasteiger charge is 2.05. The van der Waals surface area contributed by atoms with Gasteiger partial charge in [-0.1, -0.05) is 60.3 Å². The Labute approximate surface area is 133 Å². The Hall–Kier alpha value is -2.59. The minimum absolute atomic E-state index is 0.283. The number of nitrogen functional groups attached to an aromatic ring is 1. The molecule has 0 spiro atoms. The normalized spacial score (nSPS) is 11.4. The Kier molecular flexibility index (Phi) is 4.51. The molecule has 1 heterocycles. The first-order valence-corrected chi connectivity index (χ1v) is 7.71. The molecular formula is C18H15N3S. The van der Waals surface area contributed by atoms with Crippen LogP contribution in [0.25, 0.3) is 11.0 Å². The van der Waals surface area contributed by atoms with E-state index in [1.807, 2.05) is 48.5 Å². The van der Waals surface area contributed by atoms with E-state index in [1.165, 1.54) is 4.90 Å². The van der Waals surface area contributed by atoms with E-state index in [2.05, 4.69) is 34.2 Å². The van der Waals surface area contributed by atoms with Gasteiger partial charge in [0.05, 0.1) is 5.69 Å². The van der Waals surface area contributed by atoms with Crippen molar-refractivity contribution in [2.75, 3.05) is 5.73 Å². The van der Waals surface area contributed by atoms with Crippen molar-refractivity contribution in [3.05, 3.63) is 84.2 Å². The molecule has 108 valence electrons. The van der Waals surface area contributed by atoms with E-state index in [0.29, 0.717) is 0 Å². The van der Waals surface area contributed by atoms with Crippen LogP contribution in [0.15, 0.2) is 77.8 Å². The zero-order valence-corrected chi connectivity index (χ0v) is 12.7. The topological polar surface area (TPSA) is 51.8 Å². The van der Waals surface area contributed by atoms with Gasteiger partial charge in [-0.2, -0.15) is 0 Å². The minimum Gasteiger partial charge on any atom is -0.368 e. The SMILES string of the molecule is Nc1nccc(/C=C(/Sc2ccccc2)c2ccccc2)n1. The van der Waals surface area contributed by atoms with Crippen LogP contribution < -0.4 is 5.73 Å². The Balaban J connectivity index is 1.99. The first-order valence-electron chi connectivity index (χ1n) is 6.90. The fraction of sp³-hybridized carbons (Fsp3) is 0. The monoisotopic (exact) mass is 305 g/mol. The van der Waals surface area contributed by atoms with Gasteiger partial charge in [0.2, 0.25) is 5.95 Å². The van der Waals surface area contributed by atoms with Gasteiger partial charge in [0.1, 0.15) is 0 Å². The maximum atomic E-state index is 5.67. The number of nitrogens with two attached hydrogens (primary N) is 1. The second kappa shape index (κ2) is 6.91. The molecule has 0 fully saturated rings. The Morgan fingerprint density at radius 2 is 1.59 bits per heavy atom. The van der Waals surface area contributed by atoms with E-state index in [1.54, 1.807) is 18.0 Å². The van der Waals surface area contributed by atoms with Crippen molar-refractivity contribution in [2.24, 2.45) is 0 Å². The number of thioether (sulfide) groups is 1. The van der Waals surface area contributed by atoms with E-state index >= 15 is 0 Å². The molecule has 0 aliphatic carbocycles. The summed E-state index contributed by atoms with van der Waals surface area (Å²) in [5, 5.41) is 0. The number of aromatic nitrogens is 2. The van der Waals surface area contributed by atoms with Crippen LogP contribution >= 0.6 is 11.8 Å². The highest BCUT2D eigenvalue weighted by Crippen LogP contribution is 2.35. The van der Waals surface area contributed by atoms with Gasteiger partial charge in [-0.3, -0.25) is 0 Å². The third kappa shape index (κ3) is 3.74. The molecule has 0 aliphatic heterocycles. The van der Waals surface area contributed by atoms with E-state index in [-0.39, 0.29) is 5.95 Å². The molecular weight excluding hydrogens is 290 g/mol. The summed E-state index contributed by atoms with van der Waals surface area (Å²) in [6.45, 7) is 0. The number of rotatable bonds is 4. The van der Waals surface area contributed by atoms with Crippen molar-refractivity contribution in [1.29, 1.82) is 0 Å². The summed E-state index contributed by atoms with van der Waals surface area (Å²) in [6.07, 6.45) is 3.70. The summed E-state index contributed by atoms with van der Waals surface area (Å²) < 4.78 is 0. The summed E-state index contributed by atoms with van der Waals surface area (Å²) in [7, 11) is 0. The molecule has 3 nitrogen and oxygen atoms in total. The van der Waals surface area contributed by atoms with Crippen LogP contribution in [0.4, 0.5) is 5.95 Å². The molecule has 3 rings (SSSR count). The van der Waals surface area contributed by atoms with Gasteiger partial charge in [-0.25, -0.2) is 9.97 Å². The Bertz CT molecular complexity index is 771. The predicted octanol–water partition coefficient (Wildman–Crippen LogP) is 4.35. The van der Waals surface area contributed by atoms with Crippen molar-refractivity contribution in [1.82, 2.24) is 9.97 Å². The van der Waals surface area contributed by atoms with E-state index in [4.69, 9.17) is 5.73 Å². The molecule has 0 radical (unpaired) electrons. The fourth-order valence-corrected chi connectivity index (χ4v) is 2.97. The molecule has 1 aromatic heterocycles. The van der Waals surface area contributed by atoms with Crippen LogP contribution in [0, 0.1) is 0 Å². The van der Waals surface area contributed by atoms with Crippen LogP contribution in [0.1, 0.15) is 11.3 Å². The van der Waals surface area contributed by atoms with Crippen LogP contribution in [0.3, 0.4) is 0 Å². The van der Waals surface area contributed by atoms with Gasteiger partial charge in [0.25, 0.3) is 0 Å². The third-order valence-electron chi connectivity index (χ3n) is 3.00. The molecule has 2 N–H and O–H groups in total. The minimum atomic E-state index is 0.283. The summed E-state index contributed by atoms with van der Waals surface area (Å²) in [5.41, 5.74) is 7.61. The molecule has 2 aromatic carbocycles. The quantitative estimate of drug-likeness (QED) is 0.728. The number of benzene rings is 2. The maximum Gasteiger partial charge on any atom is 0.220 e. The smallest absolute Gasteiger partial charge is 0.220 e. The maximum absolute atomic E-state index is 5.67. The standard InChI is InChI=1S/C18H15N3S/c19-18-20-12-11-15(21-18)13-17(14-7-3-1-4-8-14)22-16-9-5-2-6-10-16/h1-13H,(H2,19,20,21)/b17-13+. The highest BCUT2D eigenvalue weighted by atomic mass is 32.2. The van der Waals surface area contributed by atoms with Gasteiger partial charge in [0, 0.05) is 16.0 Å². The molecule has 4 heteroatoms. The van der Waals surface area contributed by atoms with Gasteiger partial charge in [-0.05, 0) is 29.8 Å². The van der Waals surface area contributed by atoms with Crippen LogP contribution in [-0.2, 0) is 0 Å². The third-order valence-corrected chi connectivity index (χ3v) is 4.09. The number of nitrogens with zero attached hydrogens (tertiary/aromatic N) is 2. The molecule has 0 aliphatic rings. The van der Waals surface area contributed by atoms with Crippen molar-refractivity contribution in [3.8, 4) is 0 Å². The zero-order chi connectivity index (χ0) is 15.2. The average molecular weight is 305 g/mol. The molecule has 0 saturated carbocycles. The highest BCUT2D eigenvalue weighted by molar-refractivity contribution is 8.08. The first kappa shape index (κ1) is 14.4. The molecule has 0 saturated heterocycles. The van der Waals surface area contributed by atoms with Crippen molar-refractivity contribution in [2.45, 2.75) is 4.90 Å². The van der Waals surface area contributed by atoms with E-state index in [9.17, 15) is 0 Å². The number of hydrogen-bond donors (Lipinski definition) is 1. The lowest BCUT2D eigenvalue weighted by Crippen LogP contribution is -1.95. The average Bonchev–Trinajstić information content (AvgIpc) is 2.56. The lowest BCUT2D eigenvalue weighted by atomic mass is 10.2. The molecule has 0 atom stereocenters. The summed E-state index contributed by atoms with van der Waals surface area (Å²) >= 11 is 1.70. The second-order valence-corrected chi connectivity index (χ2v) is 5.74. The number of hydrogen-bond acceptors (Lipinski definition) is 4. The Morgan fingerprint density at radius 1 is 0.909 bits per heavy atom. The molecule has 0 unspecified atom stereocenters. The van der Waals surface area contributed by atoms with Crippen molar-refractivity contribution < 1.29 is 0 Å². The largest absolute Gasteiger partial charge is 0.368 e. The summed E-state index contributed by atoms with van der Waals surface area (Å²) in [5.74, 6) is 0.283. The number of anilines is 1. The van der Waals surface area contributed by atoms with Crippen LogP contribution in [0.2, 0.25) is 0 Å².